The van der Waals surface area contributed by atoms with Crippen molar-refractivity contribution in [3.05, 3.63) is 36.0 Å². The Bertz CT molecular complexity index is 895. The van der Waals surface area contributed by atoms with Crippen molar-refractivity contribution in [1.82, 2.24) is 19.7 Å². The SMILES string of the molecule is O=C(Cc1c[nH]c2ccccc12)N1CCN(C(=O)C23CCCN(CC2)C3)CC1. The zero-order valence-electron chi connectivity index (χ0n) is 16.3. The molecule has 0 spiro atoms. The molecule has 6 heteroatoms. The van der Waals surface area contributed by atoms with Crippen LogP contribution in [0.4, 0.5) is 0 Å². The summed E-state index contributed by atoms with van der Waals surface area (Å²) in [4.78, 5) is 35.6. The van der Waals surface area contributed by atoms with Crippen LogP contribution in [-0.2, 0) is 16.0 Å². The standard InChI is InChI=1S/C22H28N4O2/c27-20(14-17-15-23-19-5-2-1-4-18(17)19)25-10-12-26(13-11-25)21(28)22-6-3-8-24(16-22)9-7-22/h1-2,4-5,15,23H,3,6-14,16H2. The maximum absolute atomic E-state index is 13.2. The Morgan fingerprint density at radius 3 is 2.61 bits per heavy atom. The maximum atomic E-state index is 13.2. The molecule has 4 heterocycles. The number of para-hydroxylation sites is 1. The molecule has 0 aliphatic carbocycles. The summed E-state index contributed by atoms with van der Waals surface area (Å²) < 4.78 is 0. The molecule has 2 aromatic rings. The average molecular weight is 380 g/mol. The van der Waals surface area contributed by atoms with Gasteiger partial charge in [0.05, 0.1) is 11.8 Å². The molecule has 1 aromatic carbocycles. The van der Waals surface area contributed by atoms with E-state index in [1.54, 1.807) is 0 Å². The Morgan fingerprint density at radius 1 is 0.964 bits per heavy atom. The number of nitrogens with zero attached hydrogens (tertiary/aromatic N) is 3. The first-order valence-corrected chi connectivity index (χ1v) is 10.5. The first kappa shape index (κ1) is 17.7. The molecule has 1 N–H and O–H groups in total. The normalized spacial score (nSPS) is 27.4. The fourth-order valence-electron chi connectivity index (χ4n) is 5.32. The van der Waals surface area contributed by atoms with E-state index in [2.05, 4.69) is 16.0 Å². The molecule has 3 aliphatic rings. The lowest BCUT2D eigenvalue weighted by Crippen LogP contribution is -2.55. The van der Waals surface area contributed by atoms with Gasteiger partial charge in [-0.15, -0.1) is 0 Å². The van der Waals surface area contributed by atoms with E-state index in [9.17, 15) is 9.59 Å². The Hall–Kier alpha value is -2.34. The Labute approximate surface area is 165 Å². The first-order valence-electron chi connectivity index (χ1n) is 10.5. The molecule has 3 saturated heterocycles. The van der Waals surface area contributed by atoms with Crippen LogP contribution in [0.1, 0.15) is 24.8 Å². The summed E-state index contributed by atoms with van der Waals surface area (Å²) >= 11 is 0. The molecule has 5 rings (SSSR count). The summed E-state index contributed by atoms with van der Waals surface area (Å²) in [6, 6.07) is 8.08. The largest absolute Gasteiger partial charge is 0.361 e. The van der Waals surface area contributed by atoms with E-state index in [1.165, 1.54) is 0 Å². The van der Waals surface area contributed by atoms with Gasteiger partial charge in [0, 0.05) is 49.8 Å². The van der Waals surface area contributed by atoms with Crippen molar-refractivity contribution in [2.24, 2.45) is 5.41 Å². The average Bonchev–Trinajstić information content (AvgIpc) is 3.28. The number of rotatable bonds is 3. The number of amides is 2. The minimum absolute atomic E-state index is 0.144. The molecule has 2 bridgehead atoms. The number of piperidine rings is 1. The van der Waals surface area contributed by atoms with Gasteiger partial charge in [0.1, 0.15) is 0 Å². The van der Waals surface area contributed by atoms with E-state index >= 15 is 0 Å². The van der Waals surface area contributed by atoms with Crippen molar-refractivity contribution in [1.29, 1.82) is 0 Å². The number of piperazine rings is 1. The Morgan fingerprint density at radius 2 is 1.75 bits per heavy atom. The molecule has 2 atom stereocenters. The predicted octanol–water partition coefficient (Wildman–Crippen LogP) is 1.87. The highest BCUT2D eigenvalue weighted by Gasteiger charge is 2.48. The van der Waals surface area contributed by atoms with E-state index in [1.807, 2.05) is 34.2 Å². The van der Waals surface area contributed by atoms with E-state index in [0.29, 0.717) is 38.5 Å². The van der Waals surface area contributed by atoms with Gasteiger partial charge in [0.15, 0.2) is 0 Å². The number of nitrogens with one attached hydrogen (secondary N) is 1. The zero-order chi connectivity index (χ0) is 19.1. The molecule has 3 aliphatic heterocycles. The van der Waals surface area contributed by atoms with E-state index < -0.39 is 0 Å². The van der Waals surface area contributed by atoms with E-state index in [0.717, 1.165) is 55.4 Å². The van der Waals surface area contributed by atoms with Gasteiger partial charge in [-0.05, 0) is 44.0 Å². The Balaban J connectivity index is 1.20. The van der Waals surface area contributed by atoms with Crippen molar-refractivity contribution in [2.75, 3.05) is 45.8 Å². The summed E-state index contributed by atoms with van der Waals surface area (Å²) in [7, 11) is 0. The molecule has 3 fully saturated rings. The second kappa shape index (κ2) is 6.92. The van der Waals surface area contributed by atoms with Gasteiger partial charge in [0.25, 0.3) is 0 Å². The molecular weight excluding hydrogens is 352 g/mol. The molecule has 2 unspecified atom stereocenters. The number of hydrogen-bond acceptors (Lipinski definition) is 3. The molecule has 2 amide bonds. The van der Waals surface area contributed by atoms with Crippen LogP contribution in [0.15, 0.2) is 30.5 Å². The molecule has 28 heavy (non-hydrogen) atoms. The predicted molar refractivity (Wildman–Crippen MR) is 108 cm³/mol. The minimum atomic E-state index is -0.144. The van der Waals surface area contributed by atoms with Crippen LogP contribution in [-0.4, -0.2) is 77.3 Å². The summed E-state index contributed by atoms with van der Waals surface area (Å²) in [5, 5.41) is 1.12. The third kappa shape index (κ3) is 3.00. The van der Waals surface area contributed by atoms with Gasteiger partial charge < -0.3 is 19.7 Å². The second-order valence-electron chi connectivity index (χ2n) is 8.62. The van der Waals surface area contributed by atoms with E-state index in [-0.39, 0.29) is 11.3 Å². The number of benzene rings is 1. The van der Waals surface area contributed by atoms with Crippen molar-refractivity contribution in [2.45, 2.75) is 25.7 Å². The molecule has 1 aromatic heterocycles. The Kier molecular flexibility index (Phi) is 4.38. The summed E-state index contributed by atoms with van der Waals surface area (Å²) in [5.74, 6) is 0.484. The van der Waals surface area contributed by atoms with Gasteiger partial charge in [0.2, 0.25) is 11.8 Å². The molecule has 6 nitrogen and oxygen atoms in total. The maximum Gasteiger partial charge on any atom is 0.230 e. The number of hydrogen-bond donors (Lipinski definition) is 1. The minimum Gasteiger partial charge on any atom is -0.361 e. The van der Waals surface area contributed by atoms with Crippen LogP contribution in [0.5, 0.6) is 0 Å². The van der Waals surface area contributed by atoms with Gasteiger partial charge >= 0.3 is 0 Å². The second-order valence-corrected chi connectivity index (χ2v) is 8.62. The lowest BCUT2D eigenvalue weighted by atomic mass is 9.79. The van der Waals surface area contributed by atoms with Crippen molar-refractivity contribution in [3.63, 3.8) is 0 Å². The van der Waals surface area contributed by atoms with Crippen LogP contribution in [0.25, 0.3) is 10.9 Å². The van der Waals surface area contributed by atoms with Crippen LogP contribution < -0.4 is 0 Å². The van der Waals surface area contributed by atoms with Crippen LogP contribution in [0, 0.1) is 5.41 Å². The lowest BCUT2D eigenvalue weighted by Gasteiger charge is -2.41. The summed E-state index contributed by atoms with van der Waals surface area (Å²) in [6.07, 6.45) is 5.52. The third-order valence-electron chi connectivity index (χ3n) is 6.95. The lowest BCUT2D eigenvalue weighted by molar-refractivity contribution is -0.147. The summed E-state index contributed by atoms with van der Waals surface area (Å²) in [5.41, 5.74) is 1.97. The smallest absolute Gasteiger partial charge is 0.230 e. The van der Waals surface area contributed by atoms with E-state index in [4.69, 9.17) is 0 Å². The monoisotopic (exact) mass is 380 g/mol. The van der Waals surface area contributed by atoms with Crippen LogP contribution in [0.3, 0.4) is 0 Å². The summed E-state index contributed by atoms with van der Waals surface area (Å²) in [6.45, 7) is 5.77. The number of carbonyl (C=O) groups excluding carboxylic acids is 2. The number of aromatic nitrogens is 1. The van der Waals surface area contributed by atoms with Crippen molar-refractivity contribution >= 4 is 22.7 Å². The number of carbonyl (C=O) groups is 2. The highest BCUT2D eigenvalue weighted by molar-refractivity contribution is 5.89. The fraction of sp³-hybridized carbons (Fsp3) is 0.545. The van der Waals surface area contributed by atoms with Gasteiger partial charge in [-0.25, -0.2) is 0 Å². The number of H-pyrrole nitrogens is 1. The number of aromatic amines is 1. The number of fused-ring (bicyclic) bond motifs is 3. The van der Waals surface area contributed by atoms with Gasteiger partial charge in [-0.1, -0.05) is 18.2 Å². The van der Waals surface area contributed by atoms with Crippen LogP contribution in [0.2, 0.25) is 0 Å². The highest BCUT2D eigenvalue weighted by atomic mass is 16.2. The topological polar surface area (TPSA) is 59.7 Å². The van der Waals surface area contributed by atoms with Crippen molar-refractivity contribution in [3.8, 4) is 0 Å². The van der Waals surface area contributed by atoms with Gasteiger partial charge in [-0.2, -0.15) is 0 Å². The van der Waals surface area contributed by atoms with Crippen LogP contribution >= 0.6 is 0 Å². The zero-order valence-corrected chi connectivity index (χ0v) is 16.3. The first-order chi connectivity index (χ1) is 13.6. The molecule has 0 saturated carbocycles. The molecule has 0 radical (unpaired) electrons. The van der Waals surface area contributed by atoms with Gasteiger partial charge in [-0.3, -0.25) is 9.59 Å². The third-order valence-corrected chi connectivity index (χ3v) is 6.95. The van der Waals surface area contributed by atoms with Crippen molar-refractivity contribution < 1.29 is 9.59 Å². The fourth-order valence-corrected chi connectivity index (χ4v) is 5.32. The quantitative estimate of drug-likeness (QED) is 0.884. The molecular formula is C22H28N4O2. The highest BCUT2D eigenvalue weighted by Crippen LogP contribution is 2.41. The molecule has 148 valence electrons.